The first-order chi connectivity index (χ1) is 6.18. The van der Waals surface area contributed by atoms with E-state index in [2.05, 4.69) is 4.98 Å². The molecule has 2 aromatic rings. The lowest BCUT2D eigenvalue weighted by atomic mass is 10.3. The van der Waals surface area contributed by atoms with Crippen molar-refractivity contribution in [2.24, 2.45) is 0 Å². The van der Waals surface area contributed by atoms with Crippen LogP contribution in [0.2, 0.25) is 0 Å². The van der Waals surface area contributed by atoms with Crippen LogP contribution >= 0.6 is 11.3 Å². The SMILES string of the molecule is O=[N+]([O-])c1cc(F)cc2scnc12. The Kier molecular flexibility index (Phi) is 1.70. The molecule has 0 aliphatic carbocycles. The standard InChI is InChI=1S/C7H3FN2O2S/c8-4-1-5(10(11)12)7-6(2-4)13-3-9-7/h1-3H. The number of aromatic nitrogens is 1. The fraction of sp³-hybridized carbons (Fsp3) is 0. The molecule has 0 saturated heterocycles. The van der Waals surface area contributed by atoms with E-state index in [1.54, 1.807) is 0 Å². The molecule has 2 rings (SSSR count). The minimum absolute atomic E-state index is 0.247. The fourth-order valence-electron chi connectivity index (χ4n) is 1.06. The van der Waals surface area contributed by atoms with Crippen LogP contribution in [0.1, 0.15) is 0 Å². The van der Waals surface area contributed by atoms with E-state index in [4.69, 9.17) is 0 Å². The van der Waals surface area contributed by atoms with Crippen molar-refractivity contribution in [2.45, 2.75) is 0 Å². The smallest absolute Gasteiger partial charge is 0.258 e. The van der Waals surface area contributed by atoms with Gasteiger partial charge in [0.2, 0.25) is 0 Å². The number of nitro benzene ring substituents is 1. The van der Waals surface area contributed by atoms with E-state index in [1.165, 1.54) is 22.9 Å². The van der Waals surface area contributed by atoms with Crippen molar-refractivity contribution in [1.29, 1.82) is 0 Å². The van der Waals surface area contributed by atoms with Crippen molar-refractivity contribution >= 4 is 27.2 Å². The lowest BCUT2D eigenvalue weighted by Gasteiger charge is -1.92. The number of non-ortho nitro benzene ring substituents is 1. The number of rotatable bonds is 1. The van der Waals surface area contributed by atoms with Gasteiger partial charge in [0, 0.05) is 0 Å². The van der Waals surface area contributed by atoms with Gasteiger partial charge < -0.3 is 0 Å². The van der Waals surface area contributed by atoms with Crippen LogP contribution in [0, 0.1) is 15.9 Å². The summed E-state index contributed by atoms with van der Waals surface area (Å²) in [4.78, 5) is 13.6. The summed E-state index contributed by atoms with van der Waals surface area (Å²) in [5.41, 5.74) is 1.42. The highest BCUT2D eigenvalue weighted by Crippen LogP contribution is 2.28. The number of hydrogen-bond acceptors (Lipinski definition) is 4. The van der Waals surface area contributed by atoms with Crippen LogP contribution in [-0.4, -0.2) is 9.91 Å². The highest BCUT2D eigenvalue weighted by Gasteiger charge is 2.15. The molecule has 66 valence electrons. The van der Waals surface area contributed by atoms with E-state index in [9.17, 15) is 14.5 Å². The molecule has 0 aliphatic heterocycles. The summed E-state index contributed by atoms with van der Waals surface area (Å²) >= 11 is 1.18. The van der Waals surface area contributed by atoms with Gasteiger partial charge in [0.05, 0.1) is 21.2 Å². The van der Waals surface area contributed by atoms with E-state index in [-0.39, 0.29) is 11.2 Å². The van der Waals surface area contributed by atoms with E-state index in [0.29, 0.717) is 4.70 Å². The highest BCUT2D eigenvalue weighted by molar-refractivity contribution is 7.16. The van der Waals surface area contributed by atoms with Gasteiger partial charge in [0.25, 0.3) is 5.69 Å². The predicted octanol–water partition coefficient (Wildman–Crippen LogP) is 2.34. The number of nitro groups is 1. The molecule has 0 spiro atoms. The Hall–Kier alpha value is -1.56. The van der Waals surface area contributed by atoms with Crippen LogP contribution in [0.15, 0.2) is 17.6 Å². The molecule has 0 unspecified atom stereocenters. The third-order valence-corrected chi connectivity index (χ3v) is 2.35. The van der Waals surface area contributed by atoms with Crippen molar-refractivity contribution in [1.82, 2.24) is 4.98 Å². The minimum Gasteiger partial charge on any atom is -0.258 e. The molecule has 0 saturated carbocycles. The van der Waals surface area contributed by atoms with Gasteiger partial charge >= 0.3 is 0 Å². The van der Waals surface area contributed by atoms with Crippen LogP contribution in [0.5, 0.6) is 0 Å². The topological polar surface area (TPSA) is 56.0 Å². The van der Waals surface area contributed by atoms with Gasteiger partial charge in [-0.05, 0) is 6.07 Å². The van der Waals surface area contributed by atoms with Gasteiger partial charge in [-0.15, -0.1) is 11.3 Å². The molecule has 0 bridgehead atoms. The quantitative estimate of drug-likeness (QED) is 0.522. The predicted molar refractivity (Wildman–Crippen MR) is 46.2 cm³/mol. The first kappa shape index (κ1) is 8.06. The molecule has 1 aromatic heterocycles. The number of thiazole rings is 1. The lowest BCUT2D eigenvalue weighted by Crippen LogP contribution is -1.90. The first-order valence-corrected chi connectivity index (χ1v) is 4.23. The summed E-state index contributed by atoms with van der Waals surface area (Å²) in [5.74, 6) is -0.608. The number of hydrogen-bond donors (Lipinski definition) is 0. The zero-order chi connectivity index (χ0) is 9.42. The van der Waals surface area contributed by atoms with Gasteiger partial charge in [0.15, 0.2) is 5.52 Å². The molecule has 0 atom stereocenters. The third kappa shape index (κ3) is 1.25. The van der Waals surface area contributed by atoms with Crippen LogP contribution in [0.4, 0.5) is 10.1 Å². The number of halogens is 1. The second-order valence-corrected chi connectivity index (χ2v) is 3.27. The summed E-state index contributed by atoms with van der Waals surface area (Å²) in [6.45, 7) is 0. The van der Waals surface area contributed by atoms with Crippen molar-refractivity contribution in [3.05, 3.63) is 33.6 Å². The van der Waals surface area contributed by atoms with Crippen molar-refractivity contribution in [3.8, 4) is 0 Å². The van der Waals surface area contributed by atoms with Crippen molar-refractivity contribution < 1.29 is 9.31 Å². The monoisotopic (exact) mass is 198 g/mol. The summed E-state index contributed by atoms with van der Waals surface area (Å²) in [7, 11) is 0. The Balaban J connectivity index is 2.84. The molecular formula is C7H3FN2O2S. The maximum absolute atomic E-state index is 12.8. The van der Waals surface area contributed by atoms with E-state index >= 15 is 0 Å². The average molecular weight is 198 g/mol. The molecular weight excluding hydrogens is 195 g/mol. The molecule has 0 radical (unpaired) electrons. The summed E-state index contributed by atoms with van der Waals surface area (Å²) in [6.07, 6.45) is 0. The van der Waals surface area contributed by atoms with Gasteiger partial charge in [0.1, 0.15) is 5.82 Å². The molecule has 0 aliphatic rings. The fourth-order valence-corrected chi connectivity index (χ4v) is 1.78. The second kappa shape index (κ2) is 2.74. The molecule has 4 nitrogen and oxygen atoms in total. The zero-order valence-corrected chi connectivity index (χ0v) is 7.05. The van der Waals surface area contributed by atoms with Gasteiger partial charge in [-0.25, -0.2) is 9.37 Å². The van der Waals surface area contributed by atoms with E-state index in [1.807, 2.05) is 0 Å². The minimum atomic E-state index is -0.634. The molecule has 0 amide bonds. The van der Waals surface area contributed by atoms with Crippen LogP contribution in [0.25, 0.3) is 10.2 Å². The molecule has 1 heterocycles. The molecule has 0 fully saturated rings. The van der Waals surface area contributed by atoms with E-state index in [0.717, 1.165) is 6.07 Å². The Labute approximate surface area is 75.8 Å². The summed E-state index contributed by atoms with van der Waals surface area (Å²) in [5, 5.41) is 10.5. The number of benzene rings is 1. The lowest BCUT2D eigenvalue weighted by molar-refractivity contribution is -0.383. The largest absolute Gasteiger partial charge is 0.299 e. The first-order valence-electron chi connectivity index (χ1n) is 3.35. The third-order valence-electron chi connectivity index (χ3n) is 1.58. The van der Waals surface area contributed by atoms with Crippen LogP contribution < -0.4 is 0 Å². The molecule has 0 N–H and O–H groups in total. The van der Waals surface area contributed by atoms with Crippen molar-refractivity contribution in [3.63, 3.8) is 0 Å². The molecule has 13 heavy (non-hydrogen) atoms. The highest BCUT2D eigenvalue weighted by atomic mass is 32.1. The van der Waals surface area contributed by atoms with Gasteiger partial charge in [-0.3, -0.25) is 10.1 Å². The van der Waals surface area contributed by atoms with Crippen LogP contribution in [-0.2, 0) is 0 Å². The maximum atomic E-state index is 12.8. The Morgan fingerprint density at radius 2 is 2.31 bits per heavy atom. The van der Waals surface area contributed by atoms with E-state index < -0.39 is 10.7 Å². The summed E-state index contributed by atoms with van der Waals surface area (Å²) in [6, 6.07) is 2.11. The second-order valence-electron chi connectivity index (χ2n) is 2.38. The number of nitrogens with zero attached hydrogens (tertiary/aromatic N) is 2. The zero-order valence-electron chi connectivity index (χ0n) is 6.23. The maximum Gasteiger partial charge on any atom is 0.299 e. The molecule has 1 aromatic carbocycles. The summed E-state index contributed by atoms with van der Waals surface area (Å²) < 4.78 is 13.3. The normalized spacial score (nSPS) is 10.5. The molecule has 6 heteroatoms. The van der Waals surface area contributed by atoms with Crippen molar-refractivity contribution in [2.75, 3.05) is 0 Å². The average Bonchev–Trinajstić information content (AvgIpc) is 2.49. The van der Waals surface area contributed by atoms with Crippen LogP contribution in [0.3, 0.4) is 0 Å². The van der Waals surface area contributed by atoms with Gasteiger partial charge in [-0.1, -0.05) is 0 Å². The Bertz CT molecular complexity index is 482. The number of fused-ring (bicyclic) bond motifs is 1. The Morgan fingerprint density at radius 1 is 1.54 bits per heavy atom. The van der Waals surface area contributed by atoms with Gasteiger partial charge in [-0.2, -0.15) is 0 Å². The Morgan fingerprint density at radius 3 is 3.00 bits per heavy atom.